The quantitative estimate of drug-likeness (QED) is 0.565. The Labute approximate surface area is 195 Å². The number of sulfonamides is 1. The van der Waals surface area contributed by atoms with Crippen LogP contribution in [0.15, 0.2) is 18.2 Å². The Morgan fingerprint density at radius 2 is 1.74 bits per heavy atom. The molecule has 0 aromatic heterocycles. The Morgan fingerprint density at radius 1 is 1.06 bits per heavy atom. The Hall–Kier alpha value is -0.900. The van der Waals surface area contributed by atoms with Crippen LogP contribution in [0.2, 0.25) is 10.0 Å². The van der Waals surface area contributed by atoms with E-state index in [-0.39, 0.29) is 17.6 Å². The van der Waals surface area contributed by atoms with Crippen LogP contribution >= 0.6 is 23.2 Å². The fraction of sp³-hybridized carbons (Fsp3) is 0.667. The molecule has 0 atom stereocenters. The molecular weight excluding hydrogens is 459 g/mol. The molecule has 0 unspecified atom stereocenters. The number of carbonyl (C=O) groups excluding carboxylic acids is 1. The first-order chi connectivity index (χ1) is 14.7. The second-order valence-corrected chi connectivity index (χ2v) is 11.3. The highest BCUT2D eigenvalue weighted by molar-refractivity contribution is 7.88. The highest BCUT2D eigenvalue weighted by atomic mass is 35.5. The summed E-state index contributed by atoms with van der Waals surface area (Å²) in [6, 6.07) is 4.87. The highest BCUT2D eigenvalue weighted by Crippen LogP contribution is 2.26. The third kappa shape index (κ3) is 7.30. The van der Waals surface area contributed by atoms with Gasteiger partial charge >= 0.3 is 0 Å². The summed E-state index contributed by atoms with van der Waals surface area (Å²) in [5.74, 6) is -0.201. The van der Waals surface area contributed by atoms with Gasteiger partial charge in [-0.1, -0.05) is 29.3 Å². The first kappa shape index (κ1) is 24.7. The maximum absolute atomic E-state index is 12.8. The molecule has 2 heterocycles. The van der Waals surface area contributed by atoms with Crippen LogP contribution < -0.4 is 5.32 Å². The number of rotatable bonds is 8. The normalized spacial score (nSPS) is 20.1. The lowest BCUT2D eigenvalue weighted by molar-refractivity contribution is -0.126. The van der Waals surface area contributed by atoms with Gasteiger partial charge in [-0.05, 0) is 50.6 Å². The van der Waals surface area contributed by atoms with Crippen molar-refractivity contribution in [2.45, 2.75) is 25.0 Å². The number of benzene rings is 1. The summed E-state index contributed by atoms with van der Waals surface area (Å²) in [5.41, 5.74) is 0.606. The van der Waals surface area contributed by atoms with Crippen LogP contribution in [0.1, 0.15) is 24.8 Å². The van der Waals surface area contributed by atoms with Crippen molar-refractivity contribution in [2.75, 3.05) is 59.4 Å². The molecule has 0 saturated carbocycles. The number of hydrogen-bond donors (Lipinski definition) is 1. The van der Waals surface area contributed by atoms with Crippen LogP contribution in [0, 0.1) is 5.92 Å². The van der Waals surface area contributed by atoms with E-state index in [0.29, 0.717) is 48.1 Å². The number of amides is 1. The molecule has 0 radical (unpaired) electrons. The van der Waals surface area contributed by atoms with Crippen molar-refractivity contribution in [1.29, 1.82) is 0 Å². The molecule has 7 nitrogen and oxygen atoms in total. The monoisotopic (exact) mass is 490 g/mol. The minimum absolute atomic E-state index is 0.0416. The number of likely N-dealkylation sites (N-methyl/N-ethyl adjacent to an activating group) is 1. The molecule has 174 valence electrons. The zero-order valence-electron chi connectivity index (χ0n) is 18.0. The molecule has 1 N–H and O–H groups in total. The number of nitrogens with zero attached hydrogens (tertiary/aromatic N) is 3. The molecule has 3 rings (SSSR count). The van der Waals surface area contributed by atoms with E-state index in [2.05, 4.69) is 22.2 Å². The number of hydrogen-bond acceptors (Lipinski definition) is 5. The van der Waals surface area contributed by atoms with E-state index < -0.39 is 10.0 Å². The zero-order chi connectivity index (χ0) is 22.4. The van der Waals surface area contributed by atoms with E-state index in [1.54, 1.807) is 18.2 Å². The number of piperidine rings is 1. The van der Waals surface area contributed by atoms with Crippen molar-refractivity contribution in [2.24, 2.45) is 5.92 Å². The molecule has 1 aromatic rings. The van der Waals surface area contributed by atoms with Crippen molar-refractivity contribution < 1.29 is 13.2 Å². The van der Waals surface area contributed by atoms with E-state index in [1.807, 2.05) is 0 Å². The SMILES string of the molecule is CN1CCN(CCCNC(=O)C2CCN(S(=O)(=O)Cc3ccc(Cl)c(Cl)c3)CC2)CC1. The smallest absolute Gasteiger partial charge is 0.223 e. The van der Waals surface area contributed by atoms with Crippen molar-refractivity contribution in [3.05, 3.63) is 33.8 Å². The molecule has 10 heteroatoms. The van der Waals surface area contributed by atoms with Gasteiger partial charge in [0.25, 0.3) is 0 Å². The maximum atomic E-state index is 12.8. The van der Waals surface area contributed by atoms with Crippen molar-refractivity contribution in [3.8, 4) is 0 Å². The first-order valence-corrected chi connectivity index (χ1v) is 13.2. The predicted molar refractivity (Wildman–Crippen MR) is 125 cm³/mol. The zero-order valence-corrected chi connectivity index (χ0v) is 20.4. The Kier molecular flexibility index (Phi) is 9.01. The summed E-state index contributed by atoms with van der Waals surface area (Å²) < 4.78 is 27.0. The molecule has 0 spiro atoms. The van der Waals surface area contributed by atoms with Gasteiger partial charge in [0.15, 0.2) is 0 Å². The summed E-state index contributed by atoms with van der Waals surface area (Å²) in [4.78, 5) is 17.2. The largest absolute Gasteiger partial charge is 0.356 e. The third-order valence-electron chi connectivity index (χ3n) is 6.10. The van der Waals surface area contributed by atoms with Gasteiger partial charge in [-0.25, -0.2) is 12.7 Å². The fourth-order valence-electron chi connectivity index (χ4n) is 4.06. The molecular formula is C21H32Cl2N4O3S. The van der Waals surface area contributed by atoms with Gasteiger partial charge in [0.05, 0.1) is 15.8 Å². The summed E-state index contributed by atoms with van der Waals surface area (Å²) in [6.45, 7) is 6.75. The van der Waals surface area contributed by atoms with Gasteiger partial charge in [0, 0.05) is 51.7 Å². The maximum Gasteiger partial charge on any atom is 0.223 e. The highest BCUT2D eigenvalue weighted by Gasteiger charge is 2.31. The lowest BCUT2D eigenvalue weighted by Crippen LogP contribution is -2.45. The van der Waals surface area contributed by atoms with Crippen molar-refractivity contribution >= 4 is 39.1 Å². The first-order valence-electron chi connectivity index (χ1n) is 10.8. The molecule has 2 fully saturated rings. The van der Waals surface area contributed by atoms with Crippen LogP contribution in [0.25, 0.3) is 0 Å². The summed E-state index contributed by atoms with van der Waals surface area (Å²) in [5, 5.41) is 3.78. The topological polar surface area (TPSA) is 73.0 Å². The summed E-state index contributed by atoms with van der Waals surface area (Å²) >= 11 is 11.9. The molecule has 0 bridgehead atoms. The van der Waals surface area contributed by atoms with Crippen molar-refractivity contribution in [1.82, 2.24) is 19.4 Å². The molecule has 1 aromatic carbocycles. The Bertz CT molecular complexity index is 852. The fourth-order valence-corrected chi connectivity index (χ4v) is 5.93. The van der Waals surface area contributed by atoms with E-state index in [9.17, 15) is 13.2 Å². The van der Waals surface area contributed by atoms with Crippen LogP contribution in [0.4, 0.5) is 0 Å². The molecule has 0 aliphatic carbocycles. The second kappa shape index (κ2) is 11.3. The number of halogens is 2. The van der Waals surface area contributed by atoms with Gasteiger partial charge < -0.3 is 15.1 Å². The minimum Gasteiger partial charge on any atom is -0.356 e. The summed E-state index contributed by atoms with van der Waals surface area (Å²) in [7, 11) is -1.32. The molecule has 1 amide bonds. The van der Waals surface area contributed by atoms with Crippen LogP contribution in [0.3, 0.4) is 0 Å². The Morgan fingerprint density at radius 3 is 2.39 bits per heavy atom. The minimum atomic E-state index is -3.46. The number of piperazine rings is 1. The molecule has 2 saturated heterocycles. The molecule has 2 aliphatic heterocycles. The average molecular weight is 491 g/mol. The third-order valence-corrected chi connectivity index (χ3v) is 8.69. The van der Waals surface area contributed by atoms with Crippen molar-refractivity contribution in [3.63, 3.8) is 0 Å². The molecule has 2 aliphatic rings. The van der Waals surface area contributed by atoms with Gasteiger partial charge in [-0.15, -0.1) is 0 Å². The van der Waals surface area contributed by atoms with Gasteiger partial charge in [-0.2, -0.15) is 0 Å². The molecule has 31 heavy (non-hydrogen) atoms. The van der Waals surface area contributed by atoms with Gasteiger partial charge in [-0.3, -0.25) is 4.79 Å². The van der Waals surface area contributed by atoms with E-state index in [1.165, 1.54) is 4.31 Å². The predicted octanol–water partition coefficient (Wildman–Crippen LogP) is 2.29. The lowest BCUT2D eigenvalue weighted by Gasteiger charge is -2.32. The van der Waals surface area contributed by atoms with Crippen LogP contribution in [-0.4, -0.2) is 87.8 Å². The standard InChI is InChI=1S/C21H32Cl2N4O3S/c1-25-11-13-26(14-12-25)8-2-7-24-21(28)18-5-9-27(10-6-18)31(29,30)16-17-3-4-19(22)20(23)15-17/h3-4,15,18H,2,5-14,16H2,1H3,(H,24,28). The lowest BCUT2D eigenvalue weighted by atomic mass is 9.97. The van der Waals surface area contributed by atoms with E-state index in [4.69, 9.17) is 23.2 Å². The summed E-state index contributed by atoms with van der Waals surface area (Å²) in [6.07, 6.45) is 2.03. The van der Waals surface area contributed by atoms with Crippen LogP contribution in [0.5, 0.6) is 0 Å². The number of nitrogens with one attached hydrogen (secondary N) is 1. The van der Waals surface area contributed by atoms with Gasteiger partial charge in [0.1, 0.15) is 0 Å². The second-order valence-electron chi connectivity index (χ2n) is 8.47. The van der Waals surface area contributed by atoms with Crippen LogP contribution in [-0.2, 0) is 20.6 Å². The average Bonchev–Trinajstić information content (AvgIpc) is 2.75. The Balaban J connectivity index is 1.38. The van der Waals surface area contributed by atoms with E-state index in [0.717, 1.165) is 39.1 Å². The van der Waals surface area contributed by atoms with Gasteiger partial charge in [0.2, 0.25) is 15.9 Å². The number of carbonyl (C=O) groups is 1. The van der Waals surface area contributed by atoms with E-state index >= 15 is 0 Å².